The van der Waals surface area contributed by atoms with E-state index in [0.717, 1.165) is 37.9 Å². The molecule has 18 heavy (non-hydrogen) atoms. The fraction of sp³-hybridized carbons (Fsp3) is 0.533. The molecule has 0 aliphatic carbocycles. The number of carbonyl (C=O) groups is 1. The van der Waals surface area contributed by atoms with Gasteiger partial charge in [0.2, 0.25) is 0 Å². The smallest absolute Gasteiger partial charge is 0.144 e. The molecule has 1 N–H and O–H groups in total. The minimum absolute atomic E-state index is 0.124. The Bertz CT molecular complexity index is 407. The maximum Gasteiger partial charge on any atom is 0.144 e. The minimum Gasteiger partial charge on any atom is -0.316 e. The fourth-order valence-electron chi connectivity index (χ4n) is 2.68. The van der Waals surface area contributed by atoms with E-state index in [0.29, 0.717) is 12.2 Å². The van der Waals surface area contributed by atoms with Crippen molar-refractivity contribution in [2.45, 2.75) is 32.6 Å². The molecule has 1 aliphatic rings. The first-order valence-electron chi connectivity index (χ1n) is 6.65. The van der Waals surface area contributed by atoms with Gasteiger partial charge >= 0.3 is 0 Å². The summed E-state index contributed by atoms with van der Waals surface area (Å²) in [6.45, 7) is 4.05. The summed E-state index contributed by atoms with van der Waals surface area (Å²) in [4.78, 5) is 12.6. The van der Waals surface area contributed by atoms with Gasteiger partial charge in [-0.1, -0.05) is 19.1 Å². The first-order valence-corrected chi connectivity index (χ1v) is 7.73. The second-order valence-electron chi connectivity index (χ2n) is 5.14. The Balaban J connectivity index is 2.07. The first kappa shape index (κ1) is 14.0. The van der Waals surface area contributed by atoms with Gasteiger partial charge in [-0.05, 0) is 66.1 Å². The molecular weight excluding hydrogens is 337 g/mol. The summed E-state index contributed by atoms with van der Waals surface area (Å²) in [6, 6.07) is 8.28. The maximum atomic E-state index is 12.6. The number of ketones is 1. The van der Waals surface area contributed by atoms with Crippen molar-refractivity contribution >= 4 is 28.4 Å². The van der Waals surface area contributed by atoms with Crippen molar-refractivity contribution in [2.75, 3.05) is 13.1 Å². The molecule has 3 heteroatoms. The number of benzene rings is 1. The lowest BCUT2D eigenvalue weighted by molar-refractivity contribution is -0.129. The van der Waals surface area contributed by atoms with Crippen molar-refractivity contribution in [1.29, 1.82) is 0 Å². The molecule has 0 bridgehead atoms. The van der Waals surface area contributed by atoms with Crippen LogP contribution in [0.15, 0.2) is 24.3 Å². The number of hydrogen-bond acceptors (Lipinski definition) is 2. The Morgan fingerprint density at radius 3 is 2.67 bits per heavy atom. The van der Waals surface area contributed by atoms with Crippen LogP contribution in [0.5, 0.6) is 0 Å². The van der Waals surface area contributed by atoms with Crippen molar-refractivity contribution in [1.82, 2.24) is 5.32 Å². The van der Waals surface area contributed by atoms with Crippen LogP contribution < -0.4 is 5.32 Å². The zero-order valence-electron chi connectivity index (χ0n) is 10.8. The van der Waals surface area contributed by atoms with Gasteiger partial charge in [0.15, 0.2) is 0 Å². The van der Waals surface area contributed by atoms with Crippen molar-refractivity contribution in [2.24, 2.45) is 5.41 Å². The third kappa shape index (κ3) is 3.12. The summed E-state index contributed by atoms with van der Waals surface area (Å²) in [5, 5.41) is 3.38. The molecule has 1 saturated heterocycles. The second kappa shape index (κ2) is 6.15. The van der Waals surface area contributed by atoms with E-state index in [1.54, 1.807) is 0 Å². The van der Waals surface area contributed by atoms with Gasteiger partial charge in [-0.2, -0.15) is 0 Å². The summed E-state index contributed by atoms with van der Waals surface area (Å²) in [7, 11) is 0. The maximum absolute atomic E-state index is 12.6. The molecule has 0 amide bonds. The van der Waals surface area contributed by atoms with Crippen LogP contribution in [-0.4, -0.2) is 18.9 Å². The number of rotatable bonds is 4. The number of halogens is 1. The second-order valence-corrected chi connectivity index (χ2v) is 6.39. The van der Waals surface area contributed by atoms with Gasteiger partial charge in [-0.3, -0.25) is 4.79 Å². The molecule has 0 saturated carbocycles. The predicted molar refractivity (Wildman–Crippen MR) is 82.7 cm³/mol. The van der Waals surface area contributed by atoms with Gasteiger partial charge in [0.25, 0.3) is 0 Å². The fourth-order valence-corrected chi connectivity index (χ4v) is 3.04. The van der Waals surface area contributed by atoms with Crippen LogP contribution in [0.25, 0.3) is 0 Å². The monoisotopic (exact) mass is 357 g/mol. The molecule has 2 nitrogen and oxygen atoms in total. The van der Waals surface area contributed by atoms with E-state index < -0.39 is 0 Å². The van der Waals surface area contributed by atoms with Gasteiger partial charge in [-0.25, -0.2) is 0 Å². The van der Waals surface area contributed by atoms with Crippen LogP contribution in [0, 0.1) is 8.99 Å². The lowest BCUT2D eigenvalue weighted by atomic mass is 9.73. The van der Waals surface area contributed by atoms with Crippen LogP contribution in [-0.2, 0) is 11.2 Å². The average molecular weight is 357 g/mol. The molecule has 0 aromatic heterocycles. The Hall–Kier alpha value is -0.420. The number of piperidine rings is 1. The van der Waals surface area contributed by atoms with E-state index in [9.17, 15) is 4.79 Å². The first-order chi connectivity index (χ1) is 8.66. The van der Waals surface area contributed by atoms with Gasteiger partial charge in [0, 0.05) is 22.0 Å². The van der Waals surface area contributed by atoms with Crippen LogP contribution in [0.4, 0.5) is 0 Å². The van der Waals surface area contributed by atoms with E-state index in [1.807, 2.05) is 0 Å². The number of carbonyl (C=O) groups excluding carboxylic acids is 1. The van der Waals surface area contributed by atoms with Crippen LogP contribution in [0.1, 0.15) is 31.7 Å². The third-order valence-corrected chi connectivity index (χ3v) is 4.74. The van der Waals surface area contributed by atoms with E-state index in [-0.39, 0.29) is 5.41 Å². The molecule has 2 rings (SSSR count). The molecule has 98 valence electrons. The molecule has 0 spiro atoms. The quantitative estimate of drug-likeness (QED) is 0.839. The highest BCUT2D eigenvalue weighted by atomic mass is 127. The molecular formula is C15H20INO. The summed E-state index contributed by atoms with van der Waals surface area (Å²) >= 11 is 2.29. The van der Waals surface area contributed by atoms with Crippen LogP contribution >= 0.6 is 22.6 Å². The SMILES string of the molecule is CCC1(C(=O)Cc2ccc(I)cc2)CCCNC1. The average Bonchev–Trinajstić information content (AvgIpc) is 2.42. The molecule has 1 heterocycles. The Morgan fingerprint density at radius 2 is 2.11 bits per heavy atom. The zero-order chi connectivity index (χ0) is 13.0. The lowest BCUT2D eigenvalue weighted by Crippen LogP contribution is -2.45. The molecule has 1 aromatic carbocycles. The molecule has 1 unspecified atom stereocenters. The van der Waals surface area contributed by atoms with Gasteiger partial charge in [0.1, 0.15) is 5.78 Å². The van der Waals surface area contributed by atoms with E-state index in [4.69, 9.17) is 0 Å². The number of hydrogen-bond donors (Lipinski definition) is 1. The van der Waals surface area contributed by atoms with Crippen molar-refractivity contribution < 1.29 is 4.79 Å². The molecule has 0 radical (unpaired) electrons. The van der Waals surface area contributed by atoms with E-state index in [1.165, 1.54) is 3.57 Å². The summed E-state index contributed by atoms with van der Waals surface area (Å²) in [6.07, 6.45) is 3.68. The van der Waals surface area contributed by atoms with Crippen molar-refractivity contribution in [3.05, 3.63) is 33.4 Å². The standard InChI is InChI=1S/C15H20INO/c1-2-15(8-3-9-17-11-15)14(18)10-12-4-6-13(16)7-5-12/h4-7,17H,2-3,8-11H2,1H3. The Labute approximate surface area is 123 Å². The largest absolute Gasteiger partial charge is 0.316 e. The van der Waals surface area contributed by atoms with E-state index in [2.05, 4.69) is 59.1 Å². The Morgan fingerprint density at radius 1 is 1.39 bits per heavy atom. The minimum atomic E-state index is -0.124. The molecule has 1 fully saturated rings. The van der Waals surface area contributed by atoms with Crippen LogP contribution in [0.2, 0.25) is 0 Å². The normalized spacial score (nSPS) is 23.9. The van der Waals surface area contributed by atoms with E-state index >= 15 is 0 Å². The van der Waals surface area contributed by atoms with Gasteiger partial charge in [-0.15, -0.1) is 0 Å². The lowest BCUT2D eigenvalue weighted by Gasteiger charge is -2.35. The zero-order valence-corrected chi connectivity index (χ0v) is 13.0. The number of Topliss-reactive ketones (excluding diaryl/α,β-unsaturated/α-hetero) is 1. The molecule has 1 aliphatic heterocycles. The highest BCUT2D eigenvalue weighted by molar-refractivity contribution is 14.1. The highest BCUT2D eigenvalue weighted by Crippen LogP contribution is 2.32. The van der Waals surface area contributed by atoms with Gasteiger partial charge in [0.05, 0.1) is 0 Å². The predicted octanol–water partition coefficient (Wildman–Crippen LogP) is 3.18. The molecule has 1 aromatic rings. The molecule has 1 atom stereocenters. The number of nitrogens with one attached hydrogen (secondary N) is 1. The highest BCUT2D eigenvalue weighted by Gasteiger charge is 2.36. The summed E-state index contributed by atoms with van der Waals surface area (Å²) < 4.78 is 1.22. The third-order valence-electron chi connectivity index (χ3n) is 4.02. The van der Waals surface area contributed by atoms with Crippen molar-refractivity contribution in [3.63, 3.8) is 0 Å². The van der Waals surface area contributed by atoms with Crippen LogP contribution in [0.3, 0.4) is 0 Å². The summed E-state index contributed by atoms with van der Waals surface area (Å²) in [5.74, 6) is 0.401. The topological polar surface area (TPSA) is 29.1 Å². The Kier molecular flexibility index (Phi) is 4.78. The summed E-state index contributed by atoms with van der Waals surface area (Å²) in [5.41, 5.74) is 1.01. The van der Waals surface area contributed by atoms with Crippen molar-refractivity contribution in [3.8, 4) is 0 Å². The van der Waals surface area contributed by atoms with Gasteiger partial charge < -0.3 is 5.32 Å².